The number of hydrogen-bond acceptors (Lipinski definition) is 5. The number of rotatable bonds is 7. The molecule has 0 aromatic heterocycles. The van der Waals surface area contributed by atoms with Gasteiger partial charge in [0, 0.05) is 12.3 Å². The Kier molecular flexibility index (Phi) is 8.13. The third kappa shape index (κ3) is 5.19. The summed E-state index contributed by atoms with van der Waals surface area (Å²) >= 11 is 0. The minimum Gasteiger partial charge on any atom is -0.462 e. The molecule has 4 aliphatic rings. The molecule has 0 bridgehead atoms. The zero-order valence-corrected chi connectivity index (χ0v) is 27.1. The summed E-state index contributed by atoms with van der Waals surface area (Å²) in [5.41, 5.74) is 4.93. The van der Waals surface area contributed by atoms with Crippen molar-refractivity contribution < 1.29 is 22.1 Å². The van der Waals surface area contributed by atoms with Crippen molar-refractivity contribution in [3.8, 4) is 0 Å². The van der Waals surface area contributed by atoms with Crippen molar-refractivity contribution in [2.24, 2.45) is 39.4 Å². The summed E-state index contributed by atoms with van der Waals surface area (Å²) < 4.78 is 36.1. The molecule has 0 aromatic rings. The molecule has 0 N–H and O–H groups in total. The second-order valence-electron chi connectivity index (χ2n) is 15.0. The van der Waals surface area contributed by atoms with Crippen LogP contribution >= 0.6 is 0 Å². The van der Waals surface area contributed by atoms with Gasteiger partial charge in [-0.25, -0.2) is 0 Å². The molecular weight excluding hydrogens is 508 g/mol. The van der Waals surface area contributed by atoms with Gasteiger partial charge < -0.3 is 4.74 Å². The molecule has 0 amide bonds. The molecule has 0 saturated heterocycles. The summed E-state index contributed by atoms with van der Waals surface area (Å²) in [6.45, 7) is 20.1. The standard InChI is InChI=1S/C33H54O5S/c1-21(2)11-13-27(38-39(10,35)36)22(3)24-15-19-33(9)26-12-14-28-30(5,6)29(37-23(4)34)17-18-31(28,7)25(26)16-20-32(24,33)8/h11,22,24,27-29H,12-20H2,1-10H3/t22-,24?,27-,28?,29?,31?,32?,33?/m0/s1. The summed E-state index contributed by atoms with van der Waals surface area (Å²) in [6.07, 6.45) is 12.4. The van der Waals surface area contributed by atoms with E-state index < -0.39 is 10.1 Å². The summed E-state index contributed by atoms with van der Waals surface area (Å²) in [5, 5.41) is 0. The fourth-order valence-corrected chi connectivity index (χ4v) is 10.8. The molecule has 4 aliphatic carbocycles. The summed E-state index contributed by atoms with van der Waals surface area (Å²) in [5.74, 6) is 0.898. The van der Waals surface area contributed by atoms with Crippen LogP contribution in [0.15, 0.2) is 22.8 Å². The van der Waals surface area contributed by atoms with E-state index in [1.807, 2.05) is 0 Å². The van der Waals surface area contributed by atoms with Crippen molar-refractivity contribution >= 4 is 16.1 Å². The predicted octanol–water partition coefficient (Wildman–Crippen LogP) is 8.00. The van der Waals surface area contributed by atoms with Crippen molar-refractivity contribution in [2.45, 2.75) is 132 Å². The normalized spacial score (nSPS) is 39.2. The van der Waals surface area contributed by atoms with Crippen molar-refractivity contribution in [2.75, 3.05) is 6.26 Å². The first-order valence-electron chi connectivity index (χ1n) is 15.3. The highest BCUT2D eigenvalue weighted by Gasteiger charge is 2.64. The molecule has 2 fully saturated rings. The van der Waals surface area contributed by atoms with Crippen molar-refractivity contribution in [3.05, 3.63) is 22.8 Å². The molecule has 0 aliphatic heterocycles. The number of fused-ring (bicyclic) bond motifs is 4. The lowest BCUT2D eigenvalue weighted by atomic mass is 9.43. The first-order chi connectivity index (χ1) is 17.9. The number of esters is 1. The molecule has 5 nitrogen and oxygen atoms in total. The monoisotopic (exact) mass is 562 g/mol. The van der Waals surface area contributed by atoms with Crippen LogP contribution in [0.3, 0.4) is 0 Å². The first-order valence-corrected chi connectivity index (χ1v) is 17.1. The van der Waals surface area contributed by atoms with Gasteiger partial charge in [-0.05, 0) is 106 Å². The van der Waals surface area contributed by atoms with Gasteiger partial charge >= 0.3 is 5.97 Å². The van der Waals surface area contributed by atoms with E-state index in [0.717, 1.165) is 51.4 Å². The van der Waals surface area contributed by atoms with Gasteiger partial charge in [0.15, 0.2) is 0 Å². The zero-order chi connectivity index (χ0) is 29.2. The van der Waals surface area contributed by atoms with Crippen LogP contribution in [-0.2, 0) is 23.8 Å². The Morgan fingerprint density at radius 1 is 0.974 bits per heavy atom. The molecule has 0 radical (unpaired) electrons. The van der Waals surface area contributed by atoms with Crippen LogP contribution in [0.5, 0.6) is 0 Å². The van der Waals surface area contributed by atoms with Crippen LogP contribution < -0.4 is 0 Å². The van der Waals surface area contributed by atoms with Gasteiger partial charge in [-0.1, -0.05) is 64.3 Å². The van der Waals surface area contributed by atoms with E-state index in [2.05, 4.69) is 61.5 Å². The van der Waals surface area contributed by atoms with Crippen LogP contribution in [0.25, 0.3) is 0 Å². The summed E-state index contributed by atoms with van der Waals surface area (Å²) in [6, 6.07) is 0. The average molecular weight is 563 g/mol. The lowest BCUT2D eigenvalue weighted by Gasteiger charge is -2.62. The molecule has 6 heteroatoms. The Bertz CT molecular complexity index is 1140. The van der Waals surface area contributed by atoms with Gasteiger partial charge in [0.1, 0.15) is 6.10 Å². The Balaban J connectivity index is 1.67. The Labute approximate surface area is 238 Å². The smallest absolute Gasteiger partial charge is 0.302 e. The molecule has 8 atom stereocenters. The fourth-order valence-electron chi connectivity index (χ4n) is 10.1. The van der Waals surface area contributed by atoms with E-state index in [9.17, 15) is 13.2 Å². The maximum atomic E-state index is 12.2. The van der Waals surface area contributed by atoms with Crippen molar-refractivity contribution in [3.63, 3.8) is 0 Å². The van der Waals surface area contributed by atoms with Gasteiger partial charge in [-0.3, -0.25) is 8.98 Å². The molecule has 2 saturated carbocycles. The highest BCUT2D eigenvalue weighted by molar-refractivity contribution is 7.86. The van der Waals surface area contributed by atoms with E-state index in [1.165, 1.54) is 18.8 Å². The fraction of sp³-hybridized carbons (Fsp3) is 0.848. The van der Waals surface area contributed by atoms with Gasteiger partial charge in [-0.2, -0.15) is 8.42 Å². The van der Waals surface area contributed by atoms with Crippen LogP contribution in [0.2, 0.25) is 0 Å². The van der Waals surface area contributed by atoms with Crippen LogP contribution in [0, 0.1) is 39.4 Å². The third-order valence-electron chi connectivity index (χ3n) is 12.3. The number of hydrogen-bond donors (Lipinski definition) is 0. The SMILES string of the molecule is CC(=O)OC1CCC2(C)C3=C(CCC2C1(C)C)C1(C)CCC([C@H](C)[C@H](CC=C(C)C)OS(C)(=O)=O)C1(C)CC3. The van der Waals surface area contributed by atoms with Gasteiger partial charge in [0.25, 0.3) is 10.1 Å². The topological polar surface area (TPSA) is 69.7 Å². The molecule has 0 spiro atoms. The lowest BCUT2D eigenvalue weighted by molar-refractivity contribution is -0.167. The van der Waals surface area contributed by atoms with Crippen molar-refractivity contribution in [1.82, 2.24) is 0 Å². The number of allylic oxidation sites excluding steroid dienone is 3. The number of carbonyl (C=O) groups is 1. The Hall–Kier alpha value is -1.14. The molecular formula is C33H54O5S. The predicted molar refractivity (Wildman–Crippen MR) is 158 cm³/mol. The number of carbonyl (C=O) groups excluding carboxylic acids is 1. The quantitative estimate of drug-likeness (QED) is 0.179. The summed E-state index contributed by atoms with van der Waals surface area (Å²) in [4.78, 5) is 11.9. The van der Waals surface area contributed by atoms with Gasteiger partial charge in [0.05, 0.1) is 12.4 Å². The van der Waals surface area contributed by atoms with Crippen molar-refractivity contribution in [1.29, 1.82) is 0 Å². The number of ether oxygens (including phenoxy) is 1. The Morgan fingerprint density at radius 2 is 1.64 bits per heavy atom. The lowest BCUT2D eigenvalue weighted by Crippen LogP contribution is -2.56. The van der Waals surface area contributed by atoms with E-state index in [-0.39, 0.29) is 45.8 Å². The maximum Gasteiger partial charge on any atom is 0.302 e. The van der Waals surface area contributed by atoms with Gasteiger partial charge in [-0.15, -0.1) is 0 Å². The van der Waals surface area contributed by atoms with E-state index >= 15 is 0 Å². The maximum absolute atomic E-state index is 12.2. The highest BCUT2D eigenvalue weighted by Crippen LogP contribution is 2.72. The second-order valence-corrected chi connectivity index (χ2v) is 16.6. The molecule has 0 heterocycles. The first kappa shape index (κ1) is 30.8. The van der Waals surface area contributed by atoms with E-state index in [0.29, 0.717) is 18.3 Å². The highest BCUT2D eigenvalue weighted by atomic mass is 32.2. The van der Waals surface area contributed by atoms with Gasteiger partial charge in [0.2, 0.25) is 0 Å². The minimum absolute atomic E-state index is 0.0102. The second kappa shape index (κ2) is 10.3. The van der Waals surface area contributed by atoms with E-state index in [1.54, 1.807) is 11.1 Å². The molecule has 4 rings (SSSR count). The van der Waals surface area contributed by atoms with Crippen LogP contribution in [-0.4, -0.2) is 32.9 Å². The van der Waals surface area contributed by atoms with E-state index in [4.69, 9.17) is 8.92 Å². The minimum atomic E-state index is -3.54. The molecule has 6 unspecified atom stereocenters. The molecule has 39 heavy (non-hydrogen) atoms. The largest absolute Gasteiger partial charge is 0.462 e. The van der Waals surface area contributed by atoms with Crippen LogP contribution in [0.4, 0.5) is 0 Å². The molecule has 222 valence electrons. The Morgan fingerprint density at radius 3 is 2.23 bits per heavy atom. The summed E-state index contributed by atoms with van der Waals surface area (Å²) in [7, 11) is -3.54. The zero-order valence-electron chi connectivity index (χ0n) is 26.3. The molecule has 0 aromatic carbocycles. The van der Waals surface area contributed by atoms with Crippen LogP contribution in [0.1, 0.15) is 120 Å². The third-order valence-corrected chi connectivity index (χ3v) is 12.9. The average Bonchev–Trinajstić information content (AvgIpc) is 3.08.